The minimum absolute atomic E-state index is 0.0965. The van der Waals surface area contributed by atoms with Crippen molar-refractivity contribution in [2.24, 2.45) is 0 Å². The number of phenols is 2. The van der Waals surface area contributed by atoms with E-state index in [2.05, 4.69) is 9.47 Å². The van der Waals surface area contributed by atoms with Crippen LogP contribution < -0.4 is 14.2 Å². The highest BCUT2D eigenvalue weighted by Gasteiger charge is 2.12. The lowest BCUT2D eigenvalue weighted by Gasteiger charge is -2.13. The molecule has 39 heavy (non-hydrogen) atoms. The monoisotopic (exact) mass is 538 g/mol. The predicted molar refractivity (Wildman–Crippen MR) is 146 cm³/mol. The third-order valence-corrected chi connectivity index (χ3v) is 5.60. The van der Waals surface area contributed by atoms with Gasteiger partial charge in [-0.25, -0.2) is 4.79 Å². The molecule has 9 nitrogen and oxygen atoms in total. The molecule has 2 N–H and O–H groups in total. The fraction of sp³-hybridized carbons (Fsp3) is 0.267. The van der Waals surface area contributed by atoms with Crippen LogP contribution in [0.2, 0.25) is 0 Å². The number of esters is 2. The number of carbonyl (C=O) groups excluding carboxylic acids is 2. The topological polar surface area (TPSA) is 121 Å². The summed E-state index contributed by atoms with van der Waals surface area (Å²) in [4.78, 5) is 22.3. The second-order valence-corrected chi connectivity index (χ2v) is 8.21. The van der Waals surface area contributed by atoms with E-state index in [0.717, 1.165) is 16.7 Å². The normalized spacial score (nSPS) is 10.3. The Bertz CT molecular complexity index is 1240. The molecule has 0 aliphatic rings. The molecule has 0 radical (unpaired) electrons. The summed E-state index contributed by atoms with van der Waals surface area (Å²) in [6, 6.07) is 16.4. The Morgan fingerprint density at radius 1 is 0.846 bits per heavy atom. The zero-order valence-corrected chi connectivity index (χ0v) is 22.7. The maximum absolute atomic E-state index is 11.3. The fourth-order valence-electron chi connectivity index (χ4n) is 3.46. The van der Waals surface area contributed by atoms with Crippen LogP contribution in [0.3, 0.4) is 0 Å². The number of carbonyl (C=O) groups is 2. The second-order valence-electron chi connectivity index (χ2n) is 8.21. The molecule has 0 aliphatic heterocycles. The Balaban J connectivity index is 0.000000293. The first kappa shape index (κ1) is 30.6. The molecular formula is C30H34O9. The summed E-state index contributed by atoms with van der Waals surface area (Å²) in [6.45, 7) is 2.38. The summed E-state index contributed by atoms with van der Waals surface area (Å²) >= 11 is 0. The number of aryl methyl sites for hydroxylation is 1. The summed E-state index contributed by atoms with van der Waals surface area (Å²) < 4.78 is 25.2. The largest absolute Gasteiger partial charge is 0.507 e. The number of rotatable bonds is 10. The molecule has 9 heteroatoms. The van der Waals surface area contributed by atoms with Crippen molar-refractivity contribution >= 4 is 18.0 Å². The molecule has 208 valence electrons. The van der Waals surface area contributed by atoms with Gasteiger partial charge in [-0.3, -0.25) is 4.79 Å². The third kappa shape index (κ3) is 9.62. The van der Waals surface area contributed by atoms with E-state index in [9.17, 15) is 19.8 Å². The molecule has 0 atom stereocenters. The molecule has 0 aliphatic carbocycles. The number of hydrogen-bond donors (Lipinski definition) is 2. The van der Waals surface area contributed by atoms with Crippen molar-refractivity contribution in [3.05, 3.63) is 82.9 Å². The quantitative estimate of drug-likeness (QED) is 0.272. The van der Waals surface area contributed by atoms with Crippen molar-refractivity contribution in [1.82, 2.24) is 0 Å². The molecule has 0 saturated carbocycles. The van der Waals surface area contributed by atoms with Gasteiger partial charge in [0.1, 0.15) is 35.4 Å². The van der Waals surface area contributed by atoms with Crippen LogP contribution in [-0.2, 0) is 32.1 Å². The van der Waals surface area contributed by atoms with Gasteiger partial charge in [0.2, 0.25) is 0 Å². The van der Waals surface area contributed by atoms with Crippen LogP contribution >= 0.6 is 0 Å². The lowest BCUT2D eigenvalue weighted by molar-refractivity contribution is -0.140. The van der Waals surface area contributed by atoms with Crippen molar-refractivity contribution in [1.29, 1.82) is 0 Å². The number of benzene rings is 3. The van der Waals surface area contributed by atoms with E-state index in [1.165, 1.54) is 39.5 Å². The molecule has 3 aromatic carbocycles. The number of hydrogen-bond acceptors (Lipinski definition) is 9. The molecule has 0 spiro atoms. The molecular weight excluding hydrogens is 504 g/mol. The molecule has 0 unspecified atom stereocenters. The van der Waals surface area contributed by atoms with Gasteiger partial charge in [0.25, 0.3) is 0 Å². The van der Waals surface area contributed by atoms with E-state index in [0.29, 0.717) is 29.4 Å². The summed E-state index contributed by atoms with van der Waals surface area (Å²) in [6.07, 6.45) is 3.39. The smallest absolute Gasteiger partial charge is 0.330 e. The van der Waals surface area contributed by atoms with E-state index >= 15 is 0 Å². The summed E-state index contributed by atoms with van der Waals surface area (Å²) in [7, 11) is 5.68. The number of ether oxygens (including phenoxy) is 5. The van der Waals surface area contributed by atoms with Gasteiger partial charge >= 0.3 is 11.9 Å². The Kier molecular flexibility index (Phi) is 12.2. The van der Waals surface area contributed by atoms with Crippen molar-refractivity contribution in [3.63, 3.8) is 0 Å². The van der Waals surface area contributed by atoms with Crippen LogP contribution in [0.15, 0.2) is 60.7 Å². The standard InChI is InChI=1S/C19H20O4.C11H14O5/c1-14-11-16(21-2)12-18(17(14)9-10-19(20)22-3)23-13-15-7-5-4-6-8-15;1-15-7-5-9(12)8(10(13)6-7)3-4-11(14)16-2/h4-12H,13H2,1-3H3;5-6,12-13H,3-4H2,1-2H3/b10-9+;. The summed E-state index contributed by atoms with van der Waals surface area (Å²) in [5.74, 6) is 0.730. The maximum Gasteiger partial charge on any atom is 0.330 e. The van der Waals surface area contributed by atoms with Gasteiger partial charge in [0.15, 0.2) is 0 Å². The highest BCUT2D eigenvalue weighted by molar-refractivity contribution is 5.88. The summed E-state index contributed by atoms with van der Waals surface area (Å²) in [5, 5.41) is 19.2. The molecule has 0 amide bonds. The number of methoxy groups -OCH3 is 4. The average molecular weight is 539 g/mol. The highest BCUT2D eigenvalue weighted by Crippen LogP contribution is 2.33. The minimum Gasteiger partial charge on any atom is -0.507 e. The van der Waals surface area contributed by atoms with Gasteiger partial charge in [-0.1, -0.05) is 30.3 Å². The van der Waals surface area contributed by atoms with E-state index in [4.69, 9.17) is 14.2 Å². The van der Waals surface area contributed by atoms with Crippen LogP contribution in [0.5, 0.6) is 28.7 Å². The van der Waals surface area contributed by atoms with Crippen molar-refractivity contribution in [2.75, 3.05) is 28.4 Å². The minimum atomic E-state index is -0.408. The van der Waals surface area contributed by atoms with Gasteiger partial charge in [0, 0.05) is 41.8 Å². The number of phenolic OH excluding ortho intramolecular Hbond substituents is 2. The van der Waals surface area contributed by atoms with Crippen LogP contribution in [0, 0.1) is 6.92 Å². The van der Waals surface area contributed by atoms with Crippen molar-refractivity contribution < 1.29 is 43.5 Å². The van der Waals surface area contributed by atoms with E-state index in [-0.39, 0.29) is 24.3 Å². The van der Waals surface area contributed by atoms with Crippen molar-refractivity contribution in [3.8, 4) is 28.7 Å². The Labute approximate surface area is 228 Å². The molecule has 0 saturated heterocycles. The van der Waals surface area contributed by atoms with Gasteiger partial charge in [-0.15, -0.1) is 0 Å². The van der Waals surface area contributed by atoms with Crippen LogP contribution in [-0.4, -0.2) is 50.6 Å². The zero-order chi connectivity index (χ0) is 28.8. The SMILES string of the molecule is COC(=O)/C=C/c1c(C)cc(OC)cc1OCc1ccccc1.COC(=O)CCc1c(O)cc(OC)cc1O. The van der Waals surface area contributed by atoms with Crippen LogP contribution in [0.4, 0.5) is 0 Å². The van der Waals surface area contributed by atoms with Gasteiger partial charge in [-0.05, 0) is 36.6 Å². The summed E-state index contributed by atoms with van der Waals surface area (Å²) in [5.41, 5.74) is 3.15. The first-order valence-corrected chi connectivity index (χ1v) is 12.0. The predicted octanol–water partition coefficient (Wildman–Crippen LogP) is 4.98. The Morgan fingerprint density at radius 2 is 1.46 bits per heavy atom. The fourth-order valence-corrected chi connectivity index (χ4v) is 3.46. The maximum atomic E-state index is 11.3. The van der Waals surface area contributed by atoms with Crippen LogP contribution in [0.25, 0.3) is 6.08 Å². The van der Waals surface area contributed by atoms with E-state index in [1.807, 2.05) is 49.4 Å². The van der Waals surface area contributed by atoms with E-state index in [1.54, 1.807) is 13.2 Å². The first-order chi connectivity index (χ1) is 18.7. The lowest BCUT2D eigenvalue weighted by atomic mass is 10.1. The second kappa shape index (κ2) is 15.6. The third-order valence-electron chi connectivity index (χ3n) is 5.60. The van der Waals surface area contributed by atoms with Gasteiger partial charge in [-0.2, -0.15) is 0 Å². The average Bonchev–Trinajstić information content (AvgIpc) is 2.95. The van der Waals surface area contributed by atoms with Gasteiger partial charge < -0.3 is 33.9 Å². The molecule has 3 rings (SSSR count). The van der Waals surface area contributed by atoms with Gasteiger partial charge in [0.05, 0.1) is 28.4 Å². The molecule has 3 aromatic rings. The Morgan fingerprint density at radius 3 is 2.03 bits per heavy atom. The van der Waals surface area contributed by atoms with E-state index < -0.39 is 11.9 Å². The molecule has 0 aromatic heterocycles. The Hall–Kier alpha value is -4.66. The molecule has 0 heterocycles. The van der Waals surface area contributed by atoms with Crippen molar-refractivity contribution in [2.45, 2.75) is 26.4 Å². The first-order valence-electron chi connectivity index (χ1n) is 12.0. The molecule has 0 bridgehead atoms. The highest BCUT2D eigenvalue weighted by atomic mass is 16.5. The zero-order valence-electron chi connectivity index (χ0n) is 22.7. The van der Waals surface area contributed by atoms with Crippen LogP contribution in [0.1, 0.15) is 28.7 Å². The molecule has 0 fully saturated rings. The lowest BCUT2D eigenvalue weighted by Crippen LogP contribution is -2.02. The number of aromatic hydroxyl groups is 2.